The molecule has 148 valence electrons. The molecule has 1 aromatic carbocycles. The fourth-order valence-corrected chi connectivity index (χ4v) is 2.60. The molecule has 9 nitrogen and oxygen atoms in total. The molecule has 2 aromatic rings. The molecule has 1 unspecified atom stereocenters. The number of ether oxygens (including phenoxy) is 3. The van der Waals surface area contributed by atoms with Crippen molar-refractivity contribution in [2.24, 2.45) is 0 Å². The van der Waals surface area contributed by atoms with Crippen molar-refractivity contribution in [3.63, 3.8) is 0 Å². The maximum Gasteiger partial charge on any atom is 0.335 e. The Kier molecular flexibility index (Phi) is 6.05. The van der Waals surface area contributed by atoms with Gasteiger partial charge in [-0.2, -0.15) is 0 Å². The van der Waals surface area contributed by atoms with Crippen molar-refractivity contribution in [3.8, 4) is 17.2 Å². The molecule has 1 aliphatic heterocycles. The van der Waals surface area contributed by atoms with Gasteiger partial charge in [0.2, 0.25) is 5.82 Å². The van der Waals surface area contributed by atoms with E-state index in [1.165, 1.54) is 24.5 Å². The zero-order valence-electron chi connectivity index (χ0n) is 15.6. The lowest BCUT2D eigenvalue weighted by Crippen LogP contribution is -2.42. The van der Waals surface area contributed by atoms with Gasteiger partial charge >= 0.3 is 5.97 Å². The SMILES string of the molecule is COCC(C)Oc1cc(Oc2cnc(C(=O)N3CCC3)nc2)cc(C(=O)O)c1. The molecule has 1 N–H and O–H groups in total. The van der Waals surface area contributed by atoms with Gasteiger partial charge in [-0.05, 0) is 25.5 Å². The molecule has 1 atom stereocenters. The molecule has 1 saturated heterocycles. The predicted octanol–water partition coefficient (Wildman–Crippen LogP) is 2.23. The summed E-state index contributed by atoms with van der Waals surface area (Å²) in [7, 11) is 1.55. The number of carboxylic acid groups (broad SMARTS) is 1. The molecule has 0 bridgehead atoms. The van der Waals surface area contributed by atoms with E-state index in [-0.39, 0.29) is 34.9 Å². The van der Waals surface area contributed by atoms with Crippen LogP contribution >= 0.6 is 0 Å². The van der Waals surface area contributed by atoms with Crippen molar-refractivity contribution in [2.75, 3.05) is 26.8 Å². The zero-order valence-corrected chi connectivity index (χ0v) is 15.6. The first-order valence-corrected chi connectivity index (χ1v) is 8.79. The molecule has 0 spiro atoms. The normalized spacial score (nSPS) is 14.1. The largest absolute Gasteiger partial charge is 0.488 e. The van der Waals surface area contributed by atoms with Crippen LogP contribution in [0.2, 0.25) is 0 Å². The lowest BCUT2D eigenvalue weighted by atomic mass is 10.2. The van der Waals surface area contributed by atoms with Gasteiger partial charge < -0.3 is 24.2 Å². The Morgan fingerprint density at radius 1 is 1.14 bits per heavy atom. The van der Waals surface area contributed by atoms with Crippen LogP contribution in [0.3, 0.4) is 0 Å². The van der Waals surface area contributed by atoms with Gasteiger partial charge in [0.1, 0.15) is 17.6 Å². The number of hydrogen-bond acceptors (Lipinski definition) is 7. The van der Waals surface area contributed by atoms with Crippen LogP contribution in [0.15, 0.2) is 30.6 Å². The molecule has 1 amide bonds. The number of aromatic nitrogens is 2. The minimum Gasteiger partial charge on any atom is -0.488 e. The summed E-state index contributed by atoms with van der Waals surface area (Å²) in [4.78, 5) is 33.2. The maximum absolute atomic E-state index is 12.1. The number of amides is 1. The van der Waals surface area contributed by atoms with Crippen LogP contribution in [0.25, 0.3) is 0 Å². The van der Waals surface area contributed by atoms with Gasteiger partial charge in [0, 0.05) is 26.3 Å². The molecule has 9 heteroatoms. The Balaban J connectivity index is 1.75. The smallest absolute Gasteiger partial charge is 0.335 e. The number of likely N-dealkylation sites (tertiary alicyclic amines) is 1. The maximum atomic E-state index is 12.1. The third kappa shape index (κ3) is 4.74. The summed E-state index contributed by atoms with van der Waals surface area (Å²) >= 11 is 0. The number of carboxylic acids is 1. The van der Waals surface area contributed by atoms with E-state index in [1.807, 2.05) is 0 Å². The van der Waals surface area contributed by atoms with Crippen molar-refractivity contribution in [3.05, 3.63) is 42.0 Å². The number of carbonyl (C=O) groups is 2. The second kappa shape index (κ2) is 8.66. The Bertz CT molecular complexity index is 851. The molecule has 28 heavy (non-hydrogen) atoms. The number of carbonyl (C=O) groups excluding carboxylic acids is 1. The van der Waals surface area contributed by atoms with E-state index in [9.17, 15) is 14.7 Å². The summed E-state index contributed by atoms with van der Waals surface area (Å²) in [6.45, 7) is 3.59. The van der Waals surface area contributed by atoms with Crippen molar-refractivity contribution < 1.29 is 28.9 Å². The monoisotopic (exact) mass is 387 g/mol. The Labute approximate surface area is 161 Å². The van der Waals surface area contributed by atoms with Gasteiger partial charge in [-0.1, -0.05) is 0 Å². The number of hydrogen-bond donors (Lipinski definition) is 1. The first-order valence-electron chi connectivity index (χ1n) is 8.79. The number of methoxy groups -OCH3 is 1. The lowest BCUT2D eigenvalue weighted by Gasteiger charge is -2.29. The van der Waals surface area contributed by atoms with Crippen LogP contribution in [0.4, 0.5) is 0 Å². The van der Waals surface area contributed by atoms with Gasteiger partial charge in [-0.25, -0.2) is 14.8 Å². The first kappa shape index (κ1) is 19.6. The van der Waals surface area contributed by atoms with Gasteiger partial charge in [0.25, 0.3) is 5.91 Å². The van der Waals surface area contributed by atoms with Gasteiger partial charge in [-0.3, -0.25) is 4.79 Å². The second-order valence-electron chi connectivity index (χ2n) is 6.37. The average Bonchev–Trinajstić information content (AvgIpc) is 2.60. The molecule has 3 rings (SSSR count). The van der Waals surface area contributed by atoms with Crippen LogP contribution in [-0.2, 0) is 4.74 Å². The Hall–Kier alpha value is -3.20. The fraction of sp³-hybridized carbons (Fsp3) is 0.368. The third-order valence-electron chi connectivity index (χ3n) is 4.06. The van der Waals surface area contributed by atoms with Crippen LogP contribution in [0.1, 0.15) is 34.3 Å². The number of nitrogens with zero attached hydrogens (tertiary/aromatic N) is 3. The van der Waals surface area contributed by atoms with Crippen LogP contribution in [0.5, 0.6) is 17.2 Å². The van der Waals surface area contributed by atoms with Crippen molar-refractivity contribution >= 4 is 11.9 Å². The highest BCUT2D eigenvalue weighted by molar-refractivity contribution is 5.91. The number of aromatic carboxylic acids is 1. The molecular formula is C19H21N3O6. The van der Waals surface area contributed by atoms with E-state index in [0.717, 1.165) is 6.42 Å². The quantitative estimate of drug-likeness (QED) is 0.734. The van der Waals surface area contributed by atoms with E-state index < -0.39 is 5.97 Å². The standard InChI is InChI=1S/C19H21N3O6/c1-12(11-26-2)27-14-6-13(19(24)25)7-15(8-14)28-16-9-20-17(21-10-16)18(23)22-4-3-5-22/h6-10,12H,3-5,11H2,1-2H3,(H,24,25). The van der Waals surface area contributed by atoms with Crippen molar-refractivity contribution in [1.82, 2.24) is 14.9 Å². The molecule has 0 saturated carbocycles. The summed E-state index contributed by atoms with van der Waals surface area (Å²) in [5.74, 6) is -0.354. The minimum atomic E-state index is -1.11. The van der Waals surface area contributed by atoms with Crippen LogP contribution in [-0.4, -0.2) is 64.8 Å². The Morgan fingerprint density at radius 3 is 2.39 bits per heavy atom. The van der Waals surface area contributed by atoms with Crippen LogP contribution < -0.4 is 9.47 Å². The third-order valence-corrected chi connectivity index (χ3v) is 4.06. The fourth-order valence-electron chi connectivity index (χ4n) is 2.60. The van der Waals surface area contributed by atoms with E-state index >= 15 is 0 Å². The van der Waals surface area contributed by atoms with E-state index in [1.54, 1.807) is 25.0 Å². The number of rotatable bonds is 8. The summed E-state index contributed by atoms with van der Waals surface area (Å²) in [5.41, 5.74) is 0.0163. The van der Waals surface area contributed by atoms with Crippen molar-refractivity contribution in [1.29, 1.82) is 0 Å². The Morgan fingerprint density at radius 2 is 1.82 bits per heavy atom. The molecular weight excluding hydrogens is 366 g/mol. The highest BCUT2D eigenvalue weighted by Gasteiger charge is 2.23. The van der Waals surface area contributed by atoms with Crippen LogP contribution in [0, 0.1) is 0 Å². The molecule has 1 aliphatic rings. The highest BCUT2D eigenvalue weighted by atomic mass is 16.5. The van der Waals surface area contributed by atoms with E-state index in [0.29, 0.717) is 25.4 Å². The van der Waals surface area contributed by atoms with E-state index in [4.69, 9.17) is 14.2 Å². The summed E-state index contributed by atoms with van der Waals surface area (Å²) in [5, 5.41) is 9.31. The van der Waals surface area contributed by atoms with Gasteiger partial charge in [-0.15, -0.1) is 0 Å². The molecule has 1 aromatic heterocycles. The summed E-state index contributed by atoms with van der Waals surface area (Å²) < 4.78 is 16.4. The average molecular weight is 387 g/mol. The lowest BCUT2D eigenvalue weighted by molar-refractivity contribution is 0.0637. The molecule has 0 aliphatic carbocycles. The predicted molar refractivity (Wildman–Crippen MR) is 98.0 cm³/mol. The number of benzene rings is 1. The summed E-state index contributed by atoms with van der Waals surface area (Å²) in [6.07, 6.45) is 3.47. The molecule has 0 radical (unpaired) electrons. The highest BCUT2D eigenvalue weighted by Crippen LogP contribution is 2.28. The van der Waals surface area contributed by atoms with E-state index in [2.05, 4.69) is 9.97 Å². The second-order valence-corrected chi connectivity index (χ2v) is 6.37. The van der Waals surface area contributed by atoms with Gasteiger partial charge in [0.15, 0.2) is 5.75 Å². The topological polar surface area (TPSA) is 111 Å². The summed E-state index contributed by atoms with van der Waals surface area (Å²) in [6, 6.07) is 4.35. The van der Waals surface area contributed by atoms with Crippen molar-refractivity contribution in [2.45, 2.75) is 19.4 Å². The molecule has 1 fully saturated rings. The zero-order chi connectivity index (χ0) is 20.1. The minimum absolute atomic E-state index is 0.0163. The molecule has 2 heterocycles. The van der Waals surface area contributed by atoms with Gasteiger partial charge in [0.05, 0.1) is 24.6 Å². The first-order chi connectivity index (χ1) is 13.5.